The number of carbonyl (C=O) groups is 1. The van der Waals surface area contributed by atoms with Gasteiger partial charge < -0.3 is 9.84 Å². The predicted molar refractivity (Wildman–Crippen MR) is 98.1 cm³/mol. The van der Waals surface area contributed by atoms with E-state index >= 15 is 0 Å². The molecule has 0 aromatic heterocycles. The second-order valence-corrected chi connectivity index (χ2v) is 8.43. The quantitative estimate of drug-likeness (QED) is 0.812. The van der Waals surface area contributed by atoms with Crippen molar-refractivity contribution in [2.24, 2.45) is 0 Å². The van der Waals surface area contributed by atoms with Crippen LogP contribution in [0.3, 0.4) is 0 Å². The molecule has 8 heteroatoms. The van der Waals surface area contributed by atoms with Crippen LogP contribution in [0.5, 0.6) is 5.75 Å². The normalized spacial score (nSPS) is 14.7. The van der Waals surface area contributed by atoms with Gasteiger partial charge in [0.15, 0.2) is 6.61 Å². The first kappa shape index (κ1) is 18.7. The summed E-state index contributed by atoms with van der Waals surface area (Å²) in [5, 5.41) is 9.30. The lowest BCUT2D eigenvalue weighted by Gasteiger charge is -2.30. The van der Waals surface area contributed by atoms with Crippen LogP contribution in [0.4, 0.5) is 0 Å². The van der Waals surface area contributed by atoms with Gasteiger partial charge in [-0.2, -0.15) is 4.31 Å². The molecule has 0 spiro atoms. The molecule has 0 atom stereocenters. The number of benzene rings is 2. The molecule has 2 aromatic rings. The highest BCUT2D eigenvalue weighted by atomic mass is 35.5. The van der Waals surface area contributed by atoms with Crippen LogP contribution in [0.25, 0.3) is 11.1 Å². The monoisotopic (exact) mass is 395 g/mol. The van der Waals surface area contributed by atoms with Crippen LogP contribution in [0.1, 0.15) is 12.0 Å². The van der Waals surface area contributed by atoms with E-state index in [1.165, 1.54) is 4.31 Å². The lowest BCUT2D eigenvalue weighted by molar-refractivity contribution is -0.139. The van der Waals surface area contributed by atoms with Gasteiger partial charge in [-0.1, -0.05) is 17.7 Å². The Morgan fingerprint density at radius 3 is 2.54 bits per heavy atom. The predicted octanol–water partition coefficient (Wildman–Crippen LogP) is 3.17. The fourth-order valence-electron chi connectivity index (χ4n) is 2.71. The van der Waals surface area contributed by atoms with E-state index in [0.29, 0.717) is 35.0 Å². The molecular weight excluding hydrogens is 378 g/mol. The molecule has 138 valence electrons. The van der Waals surface area contributed by atoms with Gasteiger partial charge in [-0.25, -0.2) is 13.2 Å². The number of hydrogen-bond donors (Lipinski definition) is 1. The Balaban J connectivity index is 2.07. The molecule has 0 radical (unpaired) electrons. The molecule has 0 saturated carbocycles. The van der Waals surface area contributed by atoms with Gasteiger partial charge in [-0.3, -0.25) is 0 Å². The van der Waals surface area contributed by atoms with Crippen molar-refractivity contribution in [2.45, 2.75) is 18.2 Å². The zero-order valence-electron chi connectivity index (χ0n) is 14.1. The lowest BCUT2D eigenvalue weighted by Crippen LogP contribution is -2.41. The second kappa shape index (κ2) is 7.26. The van der Waals surface area contributed by atoms with Crippen molar-refractivity contribution in [3.63, 3.8) is 0 Å². The molecule has 6 nitrogen and oxygen atoms in total. The highest BCUT2D eigenvalue weighted by Crippen LogP contribution is 2.36. The maximum absolute atomic E-state index is 12.7. The Labute approximate surface area is 157 Å². The summed E-state index contributed by atoms with van der Waals surface area (Å²) in [5.74, 6) is -0.768. The number of aryl methyl sites for hydroxylation is 1. The molecule has 0 bridgehead atoms. The van der Waals surface area contributed by atoms with Gasteiger partial charge in [-0.15, -0.1) is 0 Å². The van der Waals surface area contributed by atoms with E-state index in [0.717, 1.165) is 12.0 Å². The fourth-order valence-corrected chi connectivity index (χ4v) is 4.42. The third-order valence-electron chi connectivity index (χ3n) is 4.24. The molecule has 26 heavy (non-hydrogen) atoms. The third-order valence-corrected chi connectivity index (χ3v) is 6.37. The van der Waals surface area contributed by atoms with E-state index < -0.39 is 22.6 Å². The second-order valence-electron chi connectivity index (χ2n) is 6.06. The number of carboxylic acids is 1. The van der Waals surface area contributed by atoms with Crippen molar-refractivity contribution < 1.29 is 23.1 Å². The van der Waals surface area contributed by atoms with Crippen LogP contribution < -0.4 is 4.74 Å². The molecule has 1 N–H and O–H groups in total. The summed E-state index contributed by atoms with van der Waals surface area (Å²) >= 11 is 6.10. The molecule has 0 amide bonds. The van der Waals surface area contributed by atoms with E-state index in [1.807, 2.05) is 6.92 Å². The minimum Gasteiger partial charge on any atom is -0.481 e. The maximum atomic E-state index is 12.7. The highest BCUT2D eigenvalue weighted by Gasteiger charge is 2.29. The Bertz CT molecular complexity index is 954. The van der Waals surface area contributed by atoms with Crippen LogP contribution in [0, 0.1) is 6.92 Å². The first-order valence-electron chi connectivity index (χ1n) is 8.04. The van der Waals surface area contributed by atoms with Gasteiger partial charge in [0.1, 0.15) is 5.75 Å². The minimum atomic E-state index is -3.53. The van der Waals surface area contributed by atoms with Crippen LogP contribution >= 0.6 is 11.6 Å². The van der Waals surface area contributed by atoms with Gasteiger partial charge in [-0.05, 0) is 54.8 Å². The first-order chi connectivity index (χ1) is 12.3. The highest BCUT2D eigenvalue weighted by molar-refractivity contribution is 7.89. The summed E-state index contributed by atoms with van der Waals surface area (Å²) in [4.78, 5) is 11.0. The number of aliphatic carboxylic acids is 1. The minimum absolute atomic E-state index is 0.196. The molecule has 1 fully saturated rings. The number of ether oxygens (including phenoxy) is 1. The average Bonchev–Trinajstić information content (AvgIpc) is 2.51. The maximum Gasteiger partial charge on any atom is 0.341 e. The third kappa shape index (κ3) is 3.70. The Hall–Kier alpha value is -2.09. The van der Waals surface area contributed by atoms with E-state index in [9.17, 15) is 13.2 Å². The molecule has 1 aliphatic heterocycles. The number of carboxylic acid groups (broad SMARTS) is 1. The van der Waals surface area contributed by atoms with Crippen molar-refractivity contribution in [1.29, 1.82) is 0 Å². The van der Waals surface area contributed by atoms with Crippen molar-refractivity contribution in [3.8, 4) is 16.9 Å². The summed E-state index contributed by atoms with van der Waals surface area (Å²) in [6, 6.07) is 9.71. The SMILES string of the molecule is Cc1ccc(S(=O)(=O)N2CCC2)cc1-c1cc(Cl)ccc1OCC(=O)O. The molecule has 0 aliphatic carbocycles. The largest absolute Gasteiger partial charge is 0.481 e. The topological polar surface area (TPSA) is 83.9 Å². The van der Waals surface area contributed by atoms with E-state index in [2.05, 4.69) is 0 Å². The summed E-state index contributed by atoms with van der Waals surface area (Å²) < 4.78 is 32.1. The Morgan fingerprint density at radius 2 is 1.92 bits per heavy atom. The number of sulfonamides is 1. The molecule has 1 saturated heterocycles. The lowest BCUT2D eigenvalue weighted by atomic mass is 10.00. The zero-order valence-corrected chi connectivity index (χ0v) is 15.7. The molecule has 2 aromatic carbocycles. The van der Waals surface area contributed by atoms with Gasteiger partial charge in [0.2, 0.25) is 10.0 Å². The zero-order chi connectivity index (χ0) is 18.9. The molecule has 0 unspecified atom stereocenters. The summed E-state index contributed by atoms with van der Waals surface area (Å²) in [6.07, 6.45) is 0.861. The summed E-state index contributed by atoms with van der Waals surface area (Å²) in [7, 11) is -3.53. The van der Waals surface area contributed by atoms with Crippen molar-refractivity contribution in [1.82, 2.24) is 4.31 Å². The van der Waals surface area contributed by atoms with Crippen LogP contribution in [-0.4, -0.2) is 43.5 Å². The summed E-state index contributed by atoms with van der Waals surface area (Å²) in [6.45, 7) is 2.39. The number of rotatable bonds is 6. The smallest absolute Gasteiger partial charge is 0.341 e. The number of nitrogens with zero attached hydrogens (tertiary/aromatic N) is 1. The van der Waals surface area contributed by atoms with Crippen molar-refractivity contribution in [2.75, 3.05) is 19.7 Å². The average molecular weight is 396 g/mol. The van der Waals surface area contributed by atoms with Crippen LogP contribution in [0.15, 0.2) is 41.3 Å². The number of hydrogen-bond acceptors (Lipinski definition) is 4. The fraction of sp³-hybridized carbons (Fsp3) is 0.278. The van der Waals surface area contributed by atoms with Crippen LogP contribution in [-0.2, 0) is 14.8 Å². The van der Waals surface area contributed by atoms with Crippen LogP contribution in [0.2, 0.25) is 5.02 Å². The van der Waals surface area contributed by atoms with E-state index in [1.54, 1.807) is 36.4 Å². The van der Waals surface area contributed by atoms with Crippen molar-refractivity contribution >= 4 is 27.6 Å². The van der Waals surface area contributed by atoms with E-state index in [4.69, 9.17) is 21.4 Å². The molecule has 1 aliphatic rings. The van der Waals surface area contributed by atoms with Gasteiger partial charge in [0.25, 0.3) is 0 Å². The standard InChI is InChI=1S/C18H18ClNO5S/c1-12-3-5-14(26(23,24)20-7-2-8-20)10-15(12)16-9-13(19)4-6-17(16)25-11-18(21)22/h3-6,9-10H,2,7-8,11H2,1H3,(H,21,22). The van der Waals surface area contributed by atoms with Gasteiger partial charge in [0.05, 0.1) is 4.90 Å². The molecular formula is C18H18ClNO5S. The van der Waals surface area contributed by atoms with Crippen molar-refractivity contribution in [3.05, 3.63) is 47.0 Å². The Morgan fingerprint density at radius 1 is 1.19 bits per heavy atom. The first-order valence-corrected chi connectivity index (χ1v) is 9.86. The van der Waals surface area contributed by atoms with Gasteiger partial charge >= 0.3 is 5.97 Å². The van der Waals surface area contributed by atoms with E-state index in [-0.39, 0.29) is 4.90 Å². The Kier molecular flexibility index (Phi) is 5.22. The van der Waals surface area contributed by atoms with Gasteiger partial charge in [0, 0.05) is 23.7 Å². The molecule has 1 heterocycles. The molecule has 3 rings (SSSR count). The number of halogens is 1. The summed E-state index contributed by atoms with van der Waals surface area (Å²) in [5.41, 5.74) is 2.02.